The summed E-state index contributed by atoms with van der Waals surface area (Å²) in [6.45, 7) is 7.57. The van der Waals surface area contributed by atoms with Gasteiger partial charge in [-0.1, -0.05) is 0 Å². The Kier molecular flexibility index (Phi) is 6.12. The fourth-order valence-corrected chi connectivity index (χ4v) is 3.98. The molecule has 1 aliphatic carbocycles. The molecule has 8 nitrogen and oxygen atoms in total. The predicted octanol–water partition coefficient (Wildman–Crippen LogP) is 2.61. The van der Waals surface area contributed by atoms with E-state index in [0.717, 1.165) is 55.6 Å². The van der Waals surface area contributed by atoms with Gasteiger partial charge in [-0.2, -0.15) is 4.98 Å². The smallest absolute Gasteiger partial charge is 0.225 e. The maximum atomic E-state index is 9.87. The van der Waals surface area contributed by atoms with Gasteiger partial charge in [0, 0.05) is 23.5 Å². The number of aliphatic hydroxyl groups is 1. The maximum Gasteiger partial charge on any atom is 0.225 e. The molecule has 0 spiro atoms. The molecule has 2 fully saturated rings. The summed E-state index contributed by atoms with van der Waals surface area (Å²) in [5, 5.41) is 21.4. The third-order valence-corrected chi connectivity index (χ3v) is 5.63. The zero-order valence-corrected chi connectivity index (χ0v) is 17.5. The Balaban J connectivity index is 1.47. The van der Waals surface area contributed by atoms with Crippen LogP contribution >= 0.6 is 0 Å². The first-order valence-electron chi connectivity index (χ1n) is 10.7. The maximum absolute atomic E-state index is 9.87. The van der Waals surface area contributed by atoms with Gasteiger partial charge >= 0.3 is 0 Å². The van der Waals surface area contributed by atoms with Crippen LogP contribution in [0, 0.1) is 0 Å². The van der Waals surface area contributed by atoms with E-state index in [1.807, 2.05) is 6.07 Å². The van der Waals surface area contributed by atoms with E-state index in [9.17, 15) is 5.11 Å². The molecule has 158 valence electrons. The number of ether oxygens (including phenoxy) is 1. The zero-order chi connectivity index (χ0) is 20.4. The number of nitrogens with one attached hydrogen (secondary N) is 3. The molecule has 8 heteroatoms. The number of aromatic nitrogens is 3. The van der Waals surface area contributed by atoms with E-state index in [4.69, 9.17) is 9.72 Å². The van der Waals surface area contributed by atoms with Crippen molar-refractivity contribution in [2.45, 2.75) is 76.7 Å². The quantitative estimate of drug-likeness (QED) is 0.562. The summed E-state index contributed by atoms with van der Waals surface area (Å²) in [6, 6.07) is 3.61. The molecule has 1 atom stereocenters. The van der Waals surface area contributed by atoms with Crippen molar-refractivity contribution in [2.75, 3.05) is 23.8 Å². The van der Waals surface area contributed by atoms with E-state index in [-0.39, 0.29) is 6.04 Å². The average Bonchev–Trinajstić information content (AvgIpc) is 2.65. The topological polar surface area (TPSA) is 104 Å². The number of fused-ring (bicyclic) bond motifs is 1. The SMILES string of the molecule is CC(C)Nc1nc(NC2CCC(NC3COC3)CC2)nc2cnc([C@@H](C)O)cc12. The molecule has 0 amide bonds. The van der Waals surface area contributed by atoms with Gasteiger partial charge in [0.1, 0.15) is 5.82 Å². The molecule has 0 radical (unpaired) electrons. The Labute approximate surface area is 171 Å². The first kappa shape index (κ1) is 20.3. The molecule has 1 aliphatic heterocycles. The highest BCUT2D eigenvalue weighted by Gasteiger charge is 2.26. The molecule has 0 aromatic carbocycles. The zero-order valence-electron chi connectivity index (χ0n) is 17.5. The number of pyridine rings is 1. The summed E-state index contributed by atoms with van der Waals surface area (Å²) in [5.74, 6) is 1.41. The van der Waals surface area contributed by atoms with Crippen LogP contribution in [0.15, 0.2) is 12.3 Å². The lowest BCUT2D eigenvalue weighted by Gasteiger charge is -2.35. The van der Waals surface area contributed by atoms with Gasteiger partial charge in [0.15, 0.2) is 0 Å². The van der Waals surface area contributed by atoms with E-state index >= 15 is 0 Å². The molecule has 0 unspecified atom stereocenters. The molecule has 4 rings (SSSR count). The van der Waals surface area contributed by atoms with E-state index in [1.54, 1.807) is 13.1 Å². The molecule has 4 N–H and O–H groups in total. The van der Waals surface area contributed by atoms with Crippen LogP contribution in [0.4, 0.5) is 11.8 Å². The van der Waals surface area contributed by atoms with E-state index in [2.05, 4.69) is 39.8 Å². The Morgan fingerprint density at radius 2 is 1.76 bits per heavy atom. The number of hydrogen-bond donors (Lipinski definition) is 4. The van der Waals surface area contributed by atoms with Gasteiger partial charge in [-0.3, -0.25) is 4.98 Å². The molecule has 29 heavy (non-hydrogen) atoms. The van der Waals surface area contributed by atoms with Gasteiger partial charge in [-0.15, -0.1) is 0 Å². The summed E-state index contributed by atoms with van der Waals surface area (Å²) in [6.07, 6.45) is 5.59. The molecule has 2 aliphatic rings. The molecule has 3 heterocycles. The van der Waals surface area contributed by atoms with Crippen molar-refractivity contribution in [3.8, 4) is 0 Å². The second kappa shape index (κ2) is 8.77. The van der Waals surface area contributed by atoms with Gasteiger partial charge in [0.05, 0.1) is 42.8 Å². The van der Waals surface area contributed by atoms with Crippen LogP contribution in [0.1, 0.15) is 58.3 Å². The second-order valence-electron chi connectivity index (χ2n) is 8.59. The van der Waals surface area contributed by atoms with Crippen molar-refractivity contribution < 1.29 is 9.84 Å². The summed E-state index contributed by atoms with van der Waals surface area (Å²) in [7, 11) is 0. The number of aliphatic hydroxyl groups excluding tert-OH is 1. The normalized spacial score (nSPS) is 23.8. The molecule has 1 saturated carbocycles. The van der Waals surface area contributed by atoms with Crippen LogP contribution in [0.3, 0.4) is 0 Å². The molecular weight excluding hydrogens is 368 g/mol. The number of nitrogens with zero attached hydrogens (tertiary/aromatic N) is 3. The Hall–Kier alpha value is -2.03. The van der Waals surface area contributed by atoms with E-state index in [0.29, 0.717) is 29.8 Å². The van der Waals surface area contributed by atoms with Crippen LogP contribution in [-0.4, -0.2) is 57.4 Å². The van der Waals surface area contributed by atoms with Crippen molar-refractivity contribution >= 4 is 22.7 Å². The van der Waals surface area contributed by atoms with Crippen LogP contribution in [0.2, 0.25) is 0 Å². The van der Waals surface area contributed by atoms with Crippen molar-refractivity contribution in [1.29, 1.82) is 0 Å². The van der Waals surface area contributed by atoms with Gasteiger partial charge in [-0.05, 0) is 52.5 Å². The fourth-order valence-electron chi connectivity index (χ4n) is 3.98. The van der Waals surface area contributed by atoms with Crippen LogP contribution < -0.4 is 16.0 Å². The molecular formula is C21H32N6O2. The number of anilines is 2. The summed E-state index contributed by atoms with van der Waals surface area (Å²) in [5.41, 5.74) is 1.40. The van der Waals surface area contributed by atoms with Gasteiger partial charge < -0.3 is 25.8 Å². The molecule has 1 saturated heterocycles. The molecule has 2 aromatic rings. The standard InChI is InChI=1S/C21H32N6O2/c1-12(2)23-20-17-8-18(13(3)28)22-9-19(17)26-21(27-20)25-15-6-4-14(5-7-15)24-16-10-29-11-16/h8-9,12-16,24,28H,4-7,10-11H2,1-3H3,(H2,23,25,26,27)/t13-,14?,15?/m1/s1. The molecule has 2 aromatic heterocycles. The molecule has 0 bridgehead atoms. The summed E-state index contributed by atoms with van der Waals surface area (Å²) in [4.78, 5) is 13.8. The van der Waals surface area contributed by atoms with Crippen molar-refractivity contribution in [1.82, 2.24) is 20.3 Å². The average molecular weight is 401 g/mol. The predicted molar refractivity (Wildman–Crippen MR) is 114 cm³/mol. The largest absolute Gasteiger partial charge is 0.387 e. The highest BCUT2D eigenvalue weighted by atomic mass is 16.5. The summed E-state index contributed by atoms with van der Waals surface area (Å²) < 4.78 is 5.25. The number of rotatable bonds is 7. The minimum atomic E-state index is -0.626. The third kappa shape index (κ3) is 4.94. The Morgan fingerprint density at radius 1 is 1.03 bits per heavy atom. The fraction of sp³-hybridized carbons (Fsp3) is 0.667. The summed E-state index contributed by atoms with van der Waals surface area (Å²) >= 11 is 0. The highest BCUT2D eigenvalue weighted by Crippen LogP contribution is 2.27. The minimum absolute atomic E-state index is 0.237. The van der Waals surface area contributed by atoms with E-state index < -0.39 is 6.10 Å². The van der Waals surface area contributed by atoms with Crippen molar-refractivity contribution in [3.63, 3.8) is 0 Å². The van der Waals surface area contributed by atoms with Crippen molar-refractivity contribution in [3.05, 3.63) is 18.0 Å². The first-order chi connectivity index (χ1) is 14.0. The monoisotopic (exact) mass is 400 g/mol. The minimum Gasteiger partial charge on any atom is -0.387 e. The van der Waals surface area contributed by atoms with Crippen LogP contribution in [0.25, 0.3) is 10.9 Å². The number of hydrogen-bond acceptors (Lipinski definition) is 8. The van der Waals surface area contributed by atoms with Crippen molar-refractivity contribution in [2.24, 2.45) is 0 Å². The lowest BCUT2D eigenvalue weighted by Crippen LogP contribution is -2.51. The van der Waals surface area contributed by atoms with Crippen LogP contribution in [0.5, 0.6) is 0 Å². The first-order valence-corrected chi connectivity index (χ1v) is 10.7. The van der Waals surface area contributed by atoms with Crippen LogP contribution in [-0.2, 0) is 4.74 Å². The highest BCUT2D eigenvalue weighted by molar-refractivity contribution is 5.90. The Bertz CT molecular complexity index is 831. The van der Waals surface area contributed by atoms with Gasteiger partial charge in [-0.25, -0.2) is 4.98 Å². The Morgan fingerprint density at radius 3 is 2.38 bits per heavy atom. The lowest BCUT2D eigenvalue weighted by molar-refractivity contribution is -0.0120. The van der Waals surface area contributed by atoms with Gasteiger partial charge in [0.2, 0.25) is 5.95 Å². The van der Waals surface area contributed by atoms with E-state index in [1.165, 1.54) is 0 Å². The second-order valence-corrected chi connectivity index (χ2v) is 8.59. The van der Waals surface area contributed by atoms with Gasteiger partial charge in [0.25, 0.3) is 0 Å². The lowest BCUT2D eigenvalue weighted by atomic mass is 9.90. The third-order valence-electron chi connectivity index (χ3n) is 5.63.